The molecule has 1 aliphatic carbocycles. The largest absolute Gasteiger partial charge is 0.496 e. The van der Waals surface area contributed by atoms with Crippen molar-refractivity contribution in [3.8, 4) is 5.75 Å². The van der Waals surface area contributed by atoms with Crippen LogP contribution >= 0.6 is 0 Å². The van der Waals surface area contributed by atoms with Crippen molar-refractivity contribution in [1.82, 2.24) is 9.97 Å². The minimum absolute atomic E-state index is 0.0296. The lowest BCUT2D eigenvalue weighted by molar-refractivity contribution is -0.326. The monoisotopic (exact) mass is 507 g/mol. The fraction of sp³-hybridized carbons (Fsp3) is 0.462. The Kier molecular flexibility index (Phi) is 6.00. The smallest absolute Gasteiger partial charge is 0.422 e. The van der Waals surface area contributed by atoms with Crippen LogP contribution in [0.1, 0.15) is 62.5 Å². The Morgan fingerprint density at radius 2 is 1.81 bits per heavy atom. The van der Waals surface area contributed by atoms with Crippen LogP contribution in [0, 0.1) is 12.7 Å². The van der Waals surface area contributed by atoms with Crippen LogP contribution in [0.4, 0.5) is 23.2 Å². The molecule has 0 saturated carbocycles. The topological polar surface area (TPSA) is 87.5 Å². The molecule has 4 rings (SSSR count). The SMILES string of the molecule is COc1c(C(C)C)ccc2c1C(C)(C)CC(O)(C(F)(F)F)C2(O)Nc1cc(F)cc2nc(C)ncc12. The van der Waals surface area contributed by atoms with Crippen LogP contribution in [0.25, 0.3) is 10.9 Å². The van der Waals surface area contributed by atoms with Gasteiger partial charge in [0.15, 0.2) is 0 Å². The molecule has 0 radical (unpaired) electrons. The second kappa shape index (κ2) is 8.27. The summed E-state index contributed by atoms with van der Waals surface area (Å²) in [4.78, 5) is 8.21. The fourth-order valence-corrected chi connectivity index (χ4v) is 5.29. The van der Waals surface area contributed by atoms with Crippen LogP contribution in [0.3, 0.4) is 0 Å². The molecule has 0 fully saturated rings. The van der Waals surface area contributed by atoms with Crippen molar-refractivity contribution in [3.05, 3.63) is 58.8 Å². The van der Waals surface area contributed by atoms with Crippen LogP contribution < -0.4 is 10.1 Å². The van der Waals surface area contributed by atoms with Crippen molar-refractivity contribution in [3.63, 3.8) is 0 Å². The highest BCUT2D eigenvalue weighted by atomic mass is 19.4. The van der Waals surface area contributed by atoms with Crippen molar-refractivity contribution in [2.45, 2.75) is 69.9 Å². The van der Waals surface area contributed by atoms with Crippen LogP contribution in [0.5, 0.6) is 5.75 Å². The lowest BCUT2D eigenvalue weighted by atomic mass is 9.61. The number of aromatic nitrogens is 2. The summed E-state index contributed by atoms with van der Waals surface area (Å²) < 4.78 is 64.0. The number of benzene rings is 2. The predicted octanol–water partition coefficient (Wildman–Crippen LogP) is 5.44. The van der Waals surface area contributed by atoms with Gasteiger partial charge in [-0.05, 0) is 36.3 Å². The maximum absolute atomic E-state index is 14.6. The van der Waals surface area contributed by atoms with Gasteiger partial charge in [-0.1, -0.05) is 39.8 Å². The first-order valence-corrected chi connectivity index (χ1v) is 11.5. The Hall–Kier alpha value is -2.98. The van der Waals surface area contributed by atoms with E-state index in [-0.39, 0.29) is 28.1 Å². The van der Waals surface area contributed by atoms with Gasteiger partial charge < -0.3 is 20.3 Å². The van der Waals surface area contributed by atoms with E-state index in [1.165, 1.54) is 19.4 Å². The summed E-state index contributed by atoms with van der Waals surface area (Å²) in [5, 5.41) is 25.9. The average molecular weight is 508 g/mol. The van der Waals surface area contributed by atoms with Gasteiger partial charge in [0.05, 0.1) is 18.3 Å². The average Bonchev–Trinajstić information content (AvgIpc) is 2.75. The van der Waals surface area contributed by atoms with Gasteiger partial charge in [0.1, 0.15) is 17.4 Å². The highest BCUT2D eigenvalue weighted by Gasteiger charge is 2.71. The van der Waals surface area contributed by atoms with Gasteiger partial charge in [0.25, 0.3) is 0 Å². The molecule has 194 valence electrons. The number of nitrogens with zero attached hydrogens (tertiary/aromatic N) is 2. The van der Waals surface area contributed by atoms with Crippen LogP contribution in [-0.4, -0.2) is 39.1 Å². The molecule has 1 aromatic heterocycles. The van der Waals surface area contributed by atoms with Gasteiger partial charge in [-0.3, -0.25) is 0 Å². The fourth-order valence-electron chi connectivity index (χ4n) is 5.29. The predicted molar refractivity (Wildman–Crippen MR) is 127 cm³/mol. The number of rotatable bonds is 4. The molecule has 2 atom stereocenters. The van der Waals surface area contributed by atoms with E-state index in [4.69, 9.17) is 4.74 Å². The number of halogens is 4. The molecule has 0 amide bonds. The number of hydrogen-bond donors (Lipinski definition) is 3. The third kappa shape index (κ3) is 3.78. The molecule has 2 unspecified atom stereocenters. The summed E-state index contributed by atoms with van der Waals surface area (Å²) >= 11 is 0. The molecule has 6 nitrogen and oxygen atoms in total. The summed E-state index contributed by atoms with van der Waals surface area (Å²) in [5.41, 5.74) is -7.23. The zero-order valence-corrected chi connectivity index (χ0v) is 20.9. The molecule has 36 heavy (non-hydrogen) atoms. The van der Waals surface area contributed by atoms with E-state index < -0.39 is 35.2 Å². The Bertz CT molecular complexity index is 1340. The van der Waals surface area contributed by atoms with Crippen molar-refractivity contribution < 1.29 is 32.5 Å². The summed E-state index contributed by atoms with van der Waals surface area (Å²) in [7, 11) is 1.41. The number of alkyl halides is 3. The number of aryl methyl sites for hydroxylation is 1. The van der Waals surface area contributed by atoms with Crippen LogP contribution in [0.15, 0.2) is 30.5 Å². The summed E-state index contributed by atoms with van der Waals surface area (Å²) in [5.74, 6) is -0.148. The molecule has 10 heteroatoms. The maximum Gasteiger partial charge on any atom is 0.422 e. The lowest BCUT2D eigenvalue weighted by Crippen LogP contribution is -2.69. The number of nitrogens with one attached hydrogen (secondary N) is 1. The van der Waals surface area contributed by atoms with E-state index in [0.717, 1.165) is 17.7 Å². The number of ether oxygens (including phenoxy) is 1. The number of methoxy groups -OCH3 is 1. The number of hydrogen-bond acceptors (Lipinski definition) is 6. The zero-order chi connectivity index (χ0) is 26.8. The highest BCUT2D eigenvalue weighted by Crippen LogP contribution is 2.59. The van der Waals surface area contributed by atoms with Crippen LogP contribution in [-0.2, 0) is 11.1 Å². The van der Waals surface area contributed by atoms with E-state index in [1.54, 1.807) is 26.8 Å². The van der Waals surface area contributed by atoms with Gasteiger partial charge in [-0.25, -0.2) is 14.4 Å². The maximum atomic E-state index is 14.6. The molecule has 1 heterocycles. The van der Waals surface area contributed by atoms with Gasteiger partial charge >= 0.3 is 6.18 Å². The lowest BCUT2D eigenvalue weighted by Gasteiger charge is -2.54. The van der Waals surface area contributed by atoms with Gasteiger partial charge in [0, 0.05) is 28.8 Å². The molecule has 0 saturated heterocycles. The van der Waals surface area contributed by atoms with Crippen molar-refractivity contribution in [2.24, 2.45) is 0 Å². The summed E-state index contributed by atoms with van der Waals surface area (Å²) in [6.07, 6.45) is -4.82. The first-order valence-electron chi connectivity index (χ1n) is 11.5. The first-order chi connectivity index (χ1) is 16.6. The molecule has 0 aliphatic heterocycles. The molecule has 0 bridgehead atoms. The number of aliphatic hydroxyl groups is 2. The van der Waals surface area contributed by atoms with E-state index in [0.29, 0.717) is 17.1 Å². The second-order valence-electron chi connectivity index (χ2n) is 10.3. The third-order valence-electron chi connectivity index (χ3n) is 6.95. The summed E-state index contributed by atoms with van der Waals surface area (Å²) in [6.45, 7) is 8.53. The molecule has 2 aromatic carbocycles. The van der Waals surface area contributed by atoms with E-state index in [1.807, 2.05) is 13.8 Å². The van der Waals surface area contributed by atoms with Crippen molar-refractivity contribution in [2.75, 3.05) is 12.4 Å². The number of fused-ring (bicyclic) bond motifs is 2. The van der Waals surface area contributed by atoms with Gasteiger partial charge in [-0.2, -0.15) is 13.2 Å². The Labute approximate surface area is 206 Å². The zero-order valence-electron chi connectivity index (χ0n) is 20.9. The normalized spacial score (nSPS) is 23.6. The quantitative estimate of drug-likeness (QED) is 0.322. The summed E-state index contributed by atoms with van der Waals surface area (Å²) in [6, 6.07) is 4.99. The molecule has 0 spiro atoms. The molecule has 3 aromatic rings. The van der Waals surface area contributed by atoms with Crippen LogP contribution in [0.2, 0.25) is 0 Å². The molecule has 1 aliphatic rings. The minimum Gasteiger partial charge on any atom is -0.496 e. The van der Waals surface area contributed by atoms with E-state index in [9.17, 15) is 27.8 Å². The molecular formula is C26H29F4N3O3. The Balaban J connectivity index is 2.07. The first kappa shape index (κ1) is 26.1. The minimum atomic E-state index is -5.26. The Morgan fingerprint density at radius 3 is 2.39 bits per heavy atom. The second-order valence-corrected chi connectivity index (χ2v) is 10.3. The standard InChI is InChI=1S/C26H29F4N3O3/c1-13(2)16-7-8-18-21(22(16)36-6)23(4,5)12-24(34,26(28,29)30)25(18,35)33-20-10-15(27)9-19-17(20)11-31-14(3)32-19/h7-11,13,33-35H,12H2,1-6H3. The van der Waals surface area contributed by atoms with Gasteiger partial charge in [-0.15, -0.1) is 0 Å². The van der Waals surface area contributed by atoms with E-state index in [2.05, 4.69) is 15.3 Å². The highest BCUT2D eigenvalue weighted by molar-refractivity contribution is 5.91. The van der Waals surface area contributed by atoms with Crippen molar-refractivity contribution >= 4 is 16.6 Å². The number of anilines is 1. The van der Waals surface area contributed by atoms with Crippen molar-refractivity contribution in [1.29, 1.82) is 0 Å². The third-order valence-corrected chi connectivity index (χ3v) is 6.95. The molecular weight excluding hydrogens is 478 g/mol. The van der Waals surface area contributed by atoms with Gasteiger partial charge in [0.2, 0.25) is 11.3 Å². The Morgan fingerprint density at radius 1 is 1.14 bits per heavy atom. The molecule has 3 N–H and O–H groups in total. The van der Waals surface area contributed by atoms with E-state index >= 15 is 0 Å².